The molecule has 0 unspecified atom stereocenters. The molecule has 0 aliphatic rings. The molecule has 0 atom stereocenters. The van der Waals surface area contributed by atoms with Crippen molar-refractivity contribution in [3.05, 3.63) is 106 Å². The van der Waals surface area contributed by atoms with Gasteiger partial charge < -0.3 is 10.6 Å². The molecular formula is C23H21ClN2O2. The number of nitrogens with one attached hydrogen (secondary N) is 2. The zero-order valence-electron chi connectivity index (χ0n) is 15.7. The van der Waals surface area contributed by atoms with E-state index in [0.717, 1.165) is 16.7 Å². The van der Waals surface area contributed by atoms with Crippen LogP contribution in [0.5, 0.6) is 0 Å². The first kappa shape index (κ1) is 19.6. The Morgan fingerprint density at radius 2 is 1.14 bits per heavy atom. The maximum atomic E-state index is 12.8. The lowest BCUT2D eigenvalue weighted by Crippen LogP contribution is -2.41. The summed E-state index contributed by atoms with van der Waals surface area (Å²) in [6.45, 7) is 3.75. The van der Waals surface area contributed by atoms with Crippen molar-refractivity contribution in [2.24, 2.45) is 0 Å². The summed E-state index contributed by atoms with van der Waals surface area (Å²) >= 11 is 5.99. The van der Waals surface area contributed by atoms with E-state index in [4.69, 9.17) is 11.6 Å². The van der Waals surface area contributed by atoms with Crippen LogP contribution in [0, 0.1) is 13.8 Å². The molecule has 0 aliphatic carbocycles. The minimum absolute atomic E-state index is 0.261. The van der Waals surface area contributed by atoms with Gasteiger partial charge in [-0.05, 0) is 54.8 Å². The highest BCUT2D eigenvalue weighted by molar-refractivity contribution is 6.30. The Kier molecular flexibility index (Phi) is 6.12. The van der Waals surface area contributed by atoms with Gasteiger partial charge in [-0.25, -0.2) is 0 Å². The van der Waals surface area contributed by atoms with Gasteiger partial charge in [-0.2, -0.15) is 0 Å². The molecule has 0 aromatic heterocycles. The van der Waals surface area contributed by atoms with Gasteiger partial charge in [-0.1, -0.05) is 60.1 Å². The summed E-state index contributed by atoms with van der Waals surface area (Å²) in [6, 6.07) is 21.7. The Balaban J connectivity index is 1.88. The van der Waals surface area contributed by atoms with Gasteiger partial charge in [0.15, 0.2) is 0 Å². The Morgan fingerprint density at radius 3 is 1.57 bits per heavy atom. The van der Waals surface area contributed by atoms with Crippen LogP contribution in [0.4, 0.5) is 0 Å². The van der Waals surface area contributed by atoms with Crippen LogP contribution in [0.1, 0.15) is 43.6 Å². The second kappa shape index (κ2) is 8.72. The highest BCUT2D eigenvalue weighted by atomic mass is 35.5. The Hall–Kier alpha value is -3.11. The first-order valence-electron chi connectivity index (χ1n) is 8.94. The van der Waals surface area contributed by atoms with Crippen molar-refractivity contribution in [3.8, 4) is 0 Å². The van der Waals surface area contributed by atoms with Crippen molar-refractivity contribution in [2.45, 2.75) is 20.0 Å². The summed E-state index contributed by atoms with van der Waals surface area (Å²) in [5, 5.41) is 6.41. The lowest BCUT2D eigenvalue weighted by molar-refractivity contribution is 0.0883. The molecule has 2 N–H and O–H groups in total. The standard InChI is InChI=1S/C23H21ClN2O2/c1-15-7-3-5-9-19(15)22(27)25-21(17-11-13-18(24)14-12-17)26-23(28)20-10-6-4-8-16(20)2/h3-14,21H,1-2H3,(H,25,27)(H,26,28). The summed E-state index contributed by atoms with van der Waals surface area (Å²) in [7, 11) is 0. The molecule has 142 valence electrons. The number of aryl methyl sites for hydroxylation is 2. The number of hydrogen-bond donors (Lipinski definition) is 2. The van der Waals surface area contributed by atoms with Crippen LogP contribution < -0.4 is 10.6 Å². The topological polar surface area (TPSA) is 58.2 Å². The largest absolute Gasteiger partial charge is 0.328 e. The Bertz CT molecular complexity index is 940. The fourth-order valence-corrected chi connectivity index (χ4v) is 3.06. The molecule has 4 nitrogen and oxygen atoms in total. The molecule has 2 amide bonds. The lowest BCUT2D eigenvalue weighted by atomic mass is 10.1. The second-order valence-electron chi connectivity index (χ2n) is 6.56. The zero-order chi connectivity index (χ0) is 20.1. The maximum Gasteiger partial charge on any atom is 0.253 e. The zero-order valence-corrected chi connectivity index (χ0v) is 16.5. The quantitative estimate of drug-likeness (QED) is 0.612. The van der Waals surface area contributed by atoms with Gasteiger partial charge in [0.2, 0.25) is 0 Å². The highest BCUT2D eigenvalue weighted by Crippen LogP contribution is 2.18. The van der Waals surface area contributed by atoms with Gasteiger partial charge in [-0.15, -0.1) is 0 Å². The fourth-order valence-electron chi connectivity index (χ4n) is 2.93. The van der Waals surface area contributed by atoms with Crippen molar-refractivity contribution in [3.63, 3.8) is 0 Å². The van der Waals surface area contributed by atoms with E-state index >= 15 is 0 Å². The van der Waals surface area contributed by atoms with E-state index in [2.05, 4.69) is 10.6 Å². The second-order valence-corrected chi connectivity index (χ2v) is 7.00. The molecule has 3 rings (SSSR count). The average Bonchev–Trinajstić information content (AvgIpc) is 2.68. The monoisotopic (exact) mass is 392 g/mol. The molecular weight excluding hydrogens is 372 g/mol. The Morgan fingerprint density at radius 1 is 0.714 bits per heavy atom. The summed E-state index contributed by atoms with van der Waals surface area (Å²) < 4.78 is 0. The molecule has 0 bridgehead atoms. The van der Waals surface area contributed by atoms with Crippen molar-refractivity contribution >= 4 is 23.4 Å². The highest BCUT2D eigenvalue weighted by Gasteiger charge is 2.20. The van der Waals surface area contributed by atoms with E-state index in [-0.39, 0.29) is 11.8 Å². The third-order valence-corrected chi connectivity index (χ3v) is 4.79. The molecule has 3 aromatic rings. The molecule has 0 spiro atoms. The molecule has 0 radical (unpaired) electrons. The SMILES string of the molecule is Cc1ccccc1C(=O)NC(NC(=O)c1ccccc1C)c1ccc(Cl)cc1. The van der Waals surface area contributed by atoms with Crippen LogP contribution in [0.2, 0.25) is 5.02 Å². The molecule has 0 saturated carbocycles. The van der Waals surface area contributed by atoms with Crippen LogP contribution in [0.3, 0.4) is 0 Å². The Labute approximate surface area is 169 Å². The number of benzene rings is 3. The average molecular weight is 393 g/mol. The van der Waals surface area contributed by atoms with Crippen LogP contribution in [-0.4, -0.2) is 11.8 Å². The van der Waals surface area contributed by atoms with Gasteiger partial charge in [0.25, 0.3) is 11.8 Å². The molecule has 0 saturated heterocycles. The fraction of sp³-hybridized carbons (Fsp3) is 0.130. The number of amides is 2. The molecule has 3 aromatic carbocycles. The summed E-state index contributed by atoms with van der Waals surface area (Å²) in [5.41, 5.74) is 3.58. The lowest BCUT2D eigenvalue weighted by Gasteiger charge is -2.22. The minimum Gasteiger partial charge on any atom is -0.328 e. The molecule has 5 heteroatoms. The van der Waals surface area contributed by atoms with E-state index in [1.807, 2.05) is 50.2 Å². The summed E-state index contributed by atoms with van der Waals surface area (Å²) in [6.07, 6.45) is -0.698. The van der Waals surface area contributed by atoms with Crippen molar-refractivity contribution < 1.29 is 9.59 Å². The van der Waals surface area contributed by atoms with Crippen LogP contribution in [0.25, 0.3) is 0 Å². The third-order valence-electron chi connectivity index (χ3n) is 4.53. The van der Waals surface area contributed by atoms with Gasteiger partial charge in [0.05, 0.1) is 0 Å². The van der Waals surface area contributed by atoms with Gasteiger partial charge >= 0.3 is 0 Å². The first-order valence-corrected chi connectivity index (χ1v) is 9.32. The number of halogens is 1. The van der Waals surface area contributed by atoms with Crippen LogP contribution in [0.15, 0.2) is 72.8 Å². The van der Waals surface area contributed by atoms with Crippen LogP contribution >= 0.6 is 11.6 Å². The van der Waals surface area contributed by atoms with E-state index in [1.165, 1.54) is 0 Å². The van der Waals surface area contributed by atoms with Crippen molar-refractivity contribution in [1.82, 2.24) is 10.6 Å². The number of carbonyl (C=O) groups is 2. The number of carbonyl (C=O) groups excluding carboxylic acids is 2. The predicted octanol–water partition coefficient (Wildman–Crippen LogP) is 4.82. The summed E-state index contributed by atoms with van der Waals surface area (Å²) in [5.74, 6) is -0.522. The molecule has 0 heterocycles. The maximum absolute atomic E-state index is 12.8. The van der Waals surface area contributed by atoms with E-state index in [1.54, 1.807) is 36.4 Å². The van der Waals surface area contributed by atoms with E-state index < -0.39 is 6.17 Å². The molecule has 28 heavy (non-hydrogen) atoms. The van der Waals surface area contributed by atoms with Crippen molar-refractivity contribution in [1.29, 1.82) is 0 Å². The predicted molar refractivity (Wildman–Crippen MR) is 111 cm³/mol. The van der Waals surface area contributed by atoms with Gasteiger partial charge in [-0.3, -0.25) is 9.59 Å². The minimum atomic E-state index is -0.698. The van der Waals surface area contributed by atoms with Gasteiger partial charge in [0, 0.05) is 16.1 Å². The first-order chi connectivity index (χ1) is 13.5. The van der Waals surface area contributed by atoms with Crippen LogP contribution in [-0.2, 0) is 0 Å². The molecule has 0 aliphatic heterocycles. The van der Waals surface area contributed by atoms with Crippen molar-refractivity contribution in [2.75, 3.05) is 0 Å². The van der Waals surface area contributed by atoms with E-state index in [9.17, 15) is 9.59 Å². The normalized spacial score (nSPS) is 10.6. The summed E-state index contributed by atoms with van der Waals surface area (Å²) in [4.78, 5) is 25.6. The smallest absolute Gasteiger partial charge is 0.253 e. The van der Waals surface area contributed by atoms with Gasteiger partial charge in [0.1, 0.15) is 6.17 Å². The van der Waals surface area contributed by atoms with E-state index in [0.29, 0.717) is 16.1 Å². The third kappa shape index (κ3) is 4.59. The molecule has 0 fully saturated rings. The number of rotatable bonds is 5. The number of hydrogen-bond acceptors (Lipinski definition) is 2.